The summed E-state index contributed by atoms with van der Waals surface area (Å²) in [6.07, 6.45) is 1.61. The van der Waals surface area contributed by atoms with Gasteiger partial charge in [-0.15, -0.1) is 0 Å². The first-order chi connectivity index (χ1) is 8.16. The fourth-order valence-corrected chi connectivity index (χ4v) is 1.69. The highest BCUT2D eigenvalue weighted by molar-refractivity contribution is 9.10. The standard InChI is InChI=1S/C12H10BrN3O/c13-10-5-2-6-15-11(10)16-12(17)8-3-1-4-9(14)7-8/h1-7H,14H2,(H,15,16,17). The van der Waals surface area contributed by atoms with E-state index < -0.39 is 0 Å². The predicted molar refractivity (Wildman–Crippen MR) is 70.7 cm³/mol. The van der Waals surface area contributed by atoms with Gasteiger partial charge in [-0.05, 0) is 46.3 Å². The van der Waals surface area contributed by atoms with Crippen LogP contribution in [-0.4, -0.2) is 10.9 Å². The van der Waals surface area contributed by atoms with Crippen LogP contribution in [0.1, 0.15) is 10.4 Å². The van der Waals surface area contributed by atoms with E-state index in [2.05, 4.69) is 26.2 Å². The van der Waals surface area contributed by atoms with Crippen molar-refractivity contribution in [2.45, 2.75) is 0 Å². The second kappa shape index (κ2) is 4.97. The van der Waals surface area contributed by atoms with Gasteiger partial charge in [0.1, 0.15) is 5.82 Å². The highest BCUT2D eigenvalue weighted by Crippen LogP contribution is 2.19. The van der Waals surface area contributed by atoms with Gasteiger partial charge < -0.3 is 11.1 Å². The van der Waals surface area contributed by atoms with Gasteiger partial charge in [-0.25, -0.2) is 4.98 Å². The van der Waals surface area contributed by atoms with E-state index in [1.54, 1.807) is 36.5 Å². The van der Waals surface area contributed by atoms with E-state index in [-0.39, 0.29) is 5.91 Å². The van der Waals surface area contributed by atoms with Crippen molar-refractivity contribution in [2.75, 3.05) is 11.1 Å². The number of nitrogen functional groups attached to an aromatic ring is 1. The lowest BCUT2D eigenvalue weighted by Gasteiger charge is -2.06. The van der Waals surface area contributed by atoms with Crippen LogP contribution in [0.5, 0.6) is 0 Å². The smallest absolute Gasteiger partial charge is 0.256 e. The highest BCUT2D eigenvalue weighted by atomic mass is 79.9. The van der Waals surface area contributed by atoms with Gasteiger partial charge in [-0.1, -0.05) is 6.07 Å². The first kappa shape index (κ1) is 11.6. The number of halogens is 1. The van der Waals surface area contributed by atoms with Crippen LogP contribution in [0.4, 0.5) is 11.5 Å². The third-order valence-electron chi connectivity index (χ3n) is 2.14. The first-order valence-corrected chi connectivity index (χ1v) is 5.73. The van der Waals surface area contributed by atoms with Crippen LogP contribution in [0, 0.1) is 0 Å². The Labute approximate surface area is 107 Å². The molecule has 0 spiro atoms. The maximum absolute atomic E-state index is 11.9. The fourth-order valence-electron chi connectivity index (χ4n) is 1.34. The lowest BCUT2D eigenvalue weighted by molar-refractivity contribution is 0.102. The normalized spacial score (nSPS) is 9.94. The molecule has 0 unspecified atom stereocenters. The Kier molecular flexibility index (Phi) is 3.39. The second-order valence-electron chi connectivity index (χ2n) is 3.41. The van der Waals surface area contributed by atoms with Crippen LogP contribution < -0.4 is 11.1 Å². The lowest BCUT2D eigenvalue weighted by Crippen LogP contribution is -2.13. The van der Waals surface area contributed by atoms with Crippen LogP contribution in [0.15, 0.2) is 47.1 Å². The van der Waals surface area contributed by atoms with E-state index in [9.17, 15) is 4.79 Å². The summed E-state index contributed by atoms with van der Waals surface area (Å²) >= 11 is 3.31. The van der Waals surface area contributed by atoms with Crippen molar-refractivity contribution < 1.29 is 4.79 Å². The highest BCUT2D eigenvalue weighted by Gasteiger charge is 2.08. The molecule has 0 aliphatic heterocycles. The maximum Gasteiger partial charge on any atom is 0.256 e. The zero-order chi connectivity index (χ0) is 12.3. The lowest BCUT2D eigenvalue weighted by atomic mass is 10.2. The zero-order valence-corrected chi connectivity index (χ0v) is 10.4. The zero-order valence-electron chi connectivity index (χ0n) is 8.85. The minimum atomic E-state index is -0.239. The number of hydrogen-bond acceptors (Lipinski definition) is 3. The summed E-state index contributed by atoms with van der Waals surface area (Å²) < 4.78 is 0.734. The molecule has 3 N–H and O–H groups in total. The number of anilines is 2. The molecule has 1 aromatic heterocycles. The van der Waals surface area contributed by atoms with Gasteiger partial charge in [0.2, 0.25) is 0 Å². The third kappa shape index (κ3) is 2.82. The van der Waals surface area contributed by atoms with E-state index in [4.69, 9.17) is 5.73 Å². The third-order valence-corrected chi connectivity index (χ3v) is 2.78. The van der Waals surface area contributed by atoms with E-state index in [0.29, 0.717) is 17.1 Å². The number of amides is 1. The van der Waals surface area contributed by atoms with Gasteiger partial charge in [0, 0.05) is 17.4 Å². The SMILES string of the molecule is Nc1cccc(C(=O)Nc2ncccc2Br)c1. The molecule has 17 heavy (non-hydrogen) atoms. The Morgan fingerprint density at radius 1 is 1.29 bits per heavy atom. The monoisotopic (exact) mass is 291 g/mol. The van der Waals surface area contributed by atoms with Crippen molar-refractivity contribution >= 4 is 33.3 Å². The predicted octanol–water partition coefficient (Wildman–Crippen LogP) is 2.68. The molecule has 2 rings (SSSR count). The molecule has 1 heterocycles. The summed E-state index contributed by atoms with van der Waals surface area (Å²) in [5, 5.41) is 2.70. The second-order valence-corrected chi connectivity index (χ2v) is 4.27. The minimum absolute atomic E-state index is 0.239. The summed E-state index contributed by atoms with van der Waals surface area (Å²) in [5.74, 6) is 0.247. The van der Waals surface area contributed by atoms with Crippen molar-refractivity contribution in [1.29, 1.82) is 0 Å². The molecule has 0 bridgehead atoms. The molecule has 0 aliphatic rings. The summed E-state index contributed by atoms with van der Waals surface area (Å²) in [6, 6.07) is 10.4. The Bertz CT molecular complexity index is 557. The van der Waals surface area contributed by atoms with E-state index in [0.717, 1.165) is 4.47 Å². The van der Waals surface area contributed by atoms with Gasteiger partial charge in [0.25, 0.3) is 5.91 Å². The molecule has 2 aromatic rings. The molecule has 0 radical (unpaired) electrons. The van der Waals surface area contributed by atoms with Gasteiger partial charge in [-0.3, -0.25) is 4.79 Å². The largest absolute Gasteiger partial charge is 0.399 e. The number of benzene rings is 1. The number of rotatable bonds is 2. The number of hydrogen-bond donors (Lipinski definition) is 2. The van der Waals surface area contributed by atoms with Crippen LogP contribution in [0.2, 0.25) is 0 Å². The minimum Gasteiger partial charge on any atom is -0.399 e. The number of nitrogens with one attached hydrogen (secondary N) is 1. The van der Waals surface area contributed by atoms with Crippen molar-refractivity contribution in [3.63, 3.8) is 0 Å². The first-order valence-electron chi connectivity index (χ1n) is 4.94. The van der Waals surface area contributed by atoms with Crippen LogP contribution in [0.25, 0.3) is 0 Å². The van der Waals surface area contributed by atoms with E-state index in [1.807, 2.05) is 6.07 Å². The summed E-state index contributed by atoms with van der Waals surface area (Å²) in [7, 11) is 0. The maximum atomic E-state index is 11.9. The van der Waals surface area contributed by atoms with Crippen molar-refractivity contribution in [3.05, 3.63) is 52.6 Å². The molecule has 0 aliphatic carbocycles. The van der Waals surface area contributed by atoms with Crippen molar-refractivity contribution in [3.8, 4) is 0 Å². The fraction of sp³-hybridized carbons (Fsp3) is 0. The Morgan fingerprint density at radius 2 is 2.12 bits per heavy atom. The molecule has 86 valence electrons. The number of aromatic nitrogens is 1. The Balaban J connectivity index is 2.20. The molecule has 1 amide bonds. The van der Waals surface area contributed by atoms with E-state index >= 15 is 0 Å². The molecule has 4 nitrogen and oxygen atoms in total. The summed E-state index contributed by atoms with van der Waals surface area (Å²) in [6.45, 7) is 0. The molecule has 0 atom stereocenters. The molecule has 5 heteroatoms. The number of carbonyl (C=O) groups excluding carboxylic acids is 1. The van der Waals surface area contributed by atoms with Gasteiger partial charge in [0.15, 0.2) is 0 Å². The molecule has 1 aromatic carbocycles. The molecule has 0 saturated carbocycles. The summed E-state index contributed by atoms with van der Waals surface area (Å²) in [5.41, 5.74) is 6.67. The van der Waals surface area contributed by atoms with Gasteiger partial charge >= 0.3 is 0 Å². The average Bonchev–Trinajstić information content (AvgIpc) is 2.32. The van der Waals surface area contributed by atoms with E-state index in [1.165, 1.54) is 0 Å². The molecular weight excluding hydrogens is 282 g/mol. The van der Waals surface area contributed by atoms with Gasteiger partial charge in [0.05, 0.1) is 4.47 Å². The van der Waals surface area contributed by atoms with Crippen LogP contribution in [0.3, 0.4) is 0 Å². The topological polar surface area (TPSA) is 68.0 Å². The van der Waals surface area contributed by atoms with Crippen LogP contribution in [-0.2, 0) is 0 Å². The molecule has 0 saturated heterocycles. The molecular formula is C12H10BrN3O. The number of nitrogens with zero attached hydrogens (tertiary/aromatic N) is 1. The van der Waals surface area contributed by atoms with Crippen molar-refractivity contribution in [2.24, 2.45) is 0 Å². The van der Waals surface area contributed by atoms with Gasteiger partial charge in [-0.2, -0.15) is 0 Å². The Hall–Kier alpha value is -1.88. The molecule has 0 fully saturated rings. The average molecular weight is 292 g/mol. The Morgan fingerprint density at radius 3 is 2.82 bits per heavy atom. The van der Waals surface area contributed by atoms with Crippen molar-refractivity contribution in [1.82, 2.24) is 4.98 Å². The summed E-state index contributed by atoms with van der Waals surface area (Å²) in [4.78, 5) is 15.9. The number of pyridine rings is 1. The quantitative estimate of drug-likeness (QED) is 0.836. The number of nitrogens with two attached hydrogens (primary N) is 1. The number of carbonyl (C=O) groups is 1. The van der Waals surface area contributed by atoms with Crippen LogP contribution >= 0.6 is 15.9 Å².